The fourth-order valence-electron chi connectivity index (χ4n) is 4.50. The van der Waals surface area contributed by atoms with E-state index in [0.717, 1.165) is 5.71 Å². The van der Waals surface area contributed by atoms with Gasteiger partial charge in [0.25, 0.3) is 0 Å². The average Bonchev–Trinajstić information content (AvgIpc) is 2.86. The van der Waals surface area contributed by atoms with Gasteiger partial charge in [0, 0.05) is 42.9 Å². The predicted octanol–water partition coefficient (Wildman–Crippen LogP) is 6.08. The van der Waals surface area contributed by atoms with Crippen molar-refractivity contribution in [3.63, 3.8) is 0 Å². The van der Waals surface area contributed by atoms with E-state index in [9.17, 15) is 0 Å². The summed E-state index contributed by atoms with van der Waals surface area (Å²) in [6.07, 6.45) is 8.55. The Hall–Kier alpha value is -1.83. The van der Waals surface area contributed by atoms with E-state index in [1.54, 1.807) is 0 Å². The van der Waals surface area contributed by atoms with Gasteiger partial charge in [0.2, 0.25) is 0 Å². The van der Waals surface area contributed by atoms with Crippen LogP contribution < -0.4 is 4.90 Å². The first-order valence-corrected chi connectivity index (χ1v) is 9.65. The molecule has 0 saturated heterocycles. The molecule has 1 aromatic carbocycles. The largest absolute Gasteiger partial charge is 0.378 e. The van der Waals surface area contributed by atoms with Gasteiger partial charge < -0.3 is 10.3 Å². The van der Waals surface area contributed by atoms with E-state index >= 15 is 0 Å². The number of benzene rings is 1. The van der Waals surface area contributed by atoms with Crippen LogP contribution in [0.15, 0.2) is 41.0 Å². The second-order valence-corrected chi connectivity index (χ2v) is 8.10. The standard InChI is InChI=1S/C23H32N2/c1-15-13-16(2)22(17(15)3)20-12-11-19(25(4)5)14-21(20)23(24)18-9-7-6-8-10-18/h11-14,18,22,24H,6-10H2,1-5H3. The first-order chi connectivity index (χ1) is 11.9. The van der Waals surface area contributed by atoms with Crippen molar-refractivity contribution in [1.82, 2.24) is 0 Å². The van der Waals surface area contributed by atoms with Crippen LogP contribution in [0.5, 0.6) is 0 Å². The SMILES string of the molecule is CC1=CC(C)=C(C)C1c1ccc(N(C)C)cc1C(=N)C1CCCCC1. The molecule has 0 heterocycles. The van der Waals surface area contributed by atoms with Gasteiger partial charge in [-0.05, 0) is 51.3 Å². The molecule has 2 nitrogen and oxygen atoms in total. The van der Waals surface area contributed by atoms with Crippen molar-refractivity contribution in [1.29, 1.82) is 5.41 Å². The Kier molecular flexibility index (Phi) is 5.17. The summed E-state index contributed by atoms with van der Waals surface area (Å²) >= 11 is 0. The minimum Gasteiger partial charge on any atom is -0.378 e. The van der Waals surface area contributed by atoms with E-state index in [0.29, 0.717) is 11.8 Å². The molecule has 0 aromatic heterocycles. The second-order valence-electron chi connectivity index (χ2n) is 8.10. The van der Waals surface area contributed by atoms with E-state index < -0.39 is 0 Å². The zero-order chi connectivity index (χ0) is 18.1. The third kappa shape index (κ3) is 3.44. The van der Waals surface area contributed by atoms with Crippen LogP contribution >= 0.6 is 0 Å². The van der Waals surface area contributed by atoms with Crippen LogP contribution in [0.1, 0.15) is 69.9 Å². The normalized spacial score (nSPS) is 21.5. The van der Waals surface area contributed by atoms with Crippen molar-refractivity contribution in [2.75, 3.05) is 19.0 Å². The van der Waals surface area contributed by atoms with Crippen LogP contribution in [-0.2, 0) is 0 Å². The summed E-state index contributed by atoms with van der Waals surface area (Å²) in [7, 11) is 4.16. The molecule has 2 aliphatic carbocycles. The molecule has 1 unspecified atom stereocenters. The summed E-state index contributed by atoms with van der Waals surface area (Å²) in [5.41, 5.74) is 8.78. The molecule has 0 amide bonds. The number of anilines is 1. The molecule has 2 aliphatic rings. The lowest BCUT2D eigenvalue weighted by Crippen LogP contribution is -2.21. The summed E-state index contributed by atoms with van der Waals surface area (Å²) in [6, 6.07) is 6.73. The highest BCUT2D eigenvalue weighted by molar-refractivity contribution is 6.02. The van der Waals surface area contributed by atoms with Crippen LogP contribution in [-0.4, -0.2) is 19.8 Å². The zero-order valence-corrected chi connectivity index (χ0v) is 16.4. The molecule has 0 aliphatic heterocycles. The smallest absolute Gasteiger partial charge is 0.0420 e. The fraction of sp³-hybridized carbons (Fsp3) is 0.522. The third-order valence-corrected chi connectivity index (χ3v) is 6.12. The van der Waals surface area contributed by atoms with Gasteiger partial charge in [-0.2, -0.15) is 0 Å². The number of rotatable bonds is 4. The molecule has 1 atom stereocenters. The Balaban J connectivity index is 2.06. The van der Waals surface area contributed by atoms with Gasteiger partial charge in [0.1, 0.15) is 0 Å². The number of hydrogen-bond acceptors (Lipinski definition) is 2. The summed E-state index contributed by atoms with van der Waals surface area (Å²) in [4.78, 5) is 2.15. The monoisotopic (exact) mass is 336 g/mol. The van der Waals surface area contributed by atoms with Gasteiger partial charge in [-0.15, -0.1) is 0 Å². The Labute approximate surface area is 153 Å². The van der Waals surface area contributed by atoms with Gasteiger partial charge in [0.15, 0.2) is 0 Å². The molecule has 1 N–H and O–H groups in total. The molecule has 0 spiro atoms. The number of allylic oxidation sites excluding steroid dienone is 4. The Bertz CT molecular complexity index is 730. The average molecular weight is 337 g/mol. The summed E-state index contributed by atoms with van der Waals surface area (Å²) < 4.78 is 0. The van der Waals surface area contributed by atoms with Crippen LogP contribution in [0.3, 0.4) is 0 Å². The fourth-order valence-corrected chi connectivity index (χ4v) is 4.50. The number of hydrogen-bond donors (Lipinski definition) is 1. The molecule has 3 rings (SSSR count). The zero-order valence-electron chi connectivity index (χ0n) is 16.4. The minimum absolute atomic E-state index is 0.343. The van der Waals surface area contributed by atoms with Gasteiger partial charge in [0.05, 0.1) is 0 Å². The lowest BCUT2D eigenvalue weighted by atomic mass is 9.78. The van der Waals surface area contributed by atoms with Crippen molar-refractivity contribution in [2.45, 2.75) is 58.8 Å². The van der Waals surface area contributed by atoms with Crippen LogP contribution in [0, 0.1) is 11.3 Å². The minimum atomic E-state index is 0.343. The van der Waals surface area contributed by atoms with Gasteiger partial charge in [-0.1, -0.05) is 48.1 Å². The Morgan fingerprint density at radius 1 is 1.04 bits per heavy atom. The molecule has 1 fully saturated rings. The lowest BCUT2D eigenvalue weighted by molar-refractivity contribution is 0.438. The molecule has 25 heavy (non-hydrogen) atoms. The quantitative estimate of drug-likeness (QED) is 0.663. The van der Waals surface area contributed by atoms with E-state index in [1.165, 1.54) is 65.6 Å². The maximum atomic E-state index is 8.99. The highest BCUT2D eigenvalue weighted by Gasteiger charge is 2.28. The number of nitrogens with zero attached hydrogens (tertiary/aromatic N) is 1. The maximum Gasteiger partial charge on any atom is 0.0420 e. The molecule has 1 saturated carbocycles. The van der Waals surface area contributed by atoms with Gasteiger partial charge in [-0.25, -0.2) is 0 Å². The van der Waals surface area contributed by atoms with E-state index in [2.05, 4.69) is 64.0 Å². The van der Waals surface area contributed by atoms with Crippen molar-refractivity contribution in [3.8, 4) is 0 Å². The highest BCUT2D eigenvalue weighted by atomic mass is 15.1. The first-order valence-electron chi connectivity index (χ1n) is 9.65. The molecule has 134 valence electrons. The highest BCUT2D eigenvalue weighted by Crippen LogP contribution is 2.42. The second kappa shape index (κ2) is 7.19. The van der Waals surface area contributed by atoms with Crippen molar-refractivity contribution in [3.05, 3.63) is 52.1 Å². The molecular formula is C23H32N2. The van der Waals surface area contributed by atoms with Crippen molar-refractivity contribution >= 4 is 11.4 Å². The van der Waals surface area contributed by atoms with Crippen LogP contribution in [0.2, 0.25) is 0 Å². The summed E-state index contributed by atoms with van der Waals surface area (Å²) in [5, 5.41) is 8.99. The van der Waals surface area contributed by atoms with Crippen molar-refractivity contribution in [2.24, 2.45) is 5.92 Å². The molecular weight excluding hydrogens is 304 g/mol. The van der Waals surface area contributed by atoms with Gasteiger partial charge in [-0.3, -0.25) is 0 Å². The van der Waals surface area contributed by atoms with Crippen LogP contribution in [0.4, 0.5) is 5.69 Å². The number of nitrogens with one attached hydrogen (secondary N) is 1. The Morgan fingerprint density at radius 3 is 2.28 bits per heavy atom. The maximum absolute atomic E-state index is 8.99. The first kappa shape index (κ1) is 18.0. The Morgan fingerprint density at radius 2 is 1.72 bits per heavy atom. The topological polar surface area (TPSA) is 27.1 Å². The predicted molar refractivity (Wildman–Crippen MR) is 109 cm³/mol. The van der Waals surface area contributed by atoms with Crippen molar-refractivity contribution < 1.29 is 0 Å². The third-order valence-electron chi connectivity index (χ3n) is 6.12. The van der Waals surface area contributed by atoms with E-state index in [1.807, 2.05) is 0 Å². The van der Waals surface area contributed by atoms with Gasteiger partial charge >= 0.3 is 0 Å². The lowest BCUT2D eigenvalue weighted by Gasteiger charge is -2.27. The van der Waals surface area contributed by atoms with E-state index in [4.69, 9.17) is 5.41 Å². The molecule has 2 heteroatoms. The molecule has 0 bridgehead atoms. The molecule has 1 aromatic rings. The summed E-state index contributed by atoms with van der Waals surface area (Å²) in [5.74, 6) is 0.774. The van der Waals surface area contributed by atoms with E-state index in [-0.39, 0.29) is 0 Å². The summed E-state index contributed by atoms with van der Waals surface area (Å²) in [6.45, 7) is 6.69. The molecule has 0 radical (unpaired) electrons. The van der Waals surface area contributed by atoms with Crippen LogP contribution in [0.25, 0.3) is 0 Å².